The number of aliphatic hydroxyl groups excluding tert-OH is 1. The molecule has 0 bridgehead atoms. The molecule has 0 saturated heterocycles. The average Bonchev–Trinajstić information content (AvgIpc) is 2.37. The molecule has 0 fully saturated rings. The molecule has 0 spiro atoms. The van der Waals surface area contributed by atoms with Gasteiger partial charge in [-0.15, -0.1) is 11.6 Å². The maximum Gasteiger partial charge on any atom is 0.269 e. The van der Waals surface area contributed by atoms with Crippen molar-refractivity contribution in [3.63, 3.8) is 0 Å². The van der Waals surface area contributed by atoms with Crippen molar-refractivity contribution in [3.8, 4) is 0 Å². The van der Waals surface area contributed by atoms with Crippen LogP contribution in [0.2, 0.25) is 0 Å². The van der Waals surface area contributed by atoms with Crippen molar-refractivity contribution in [2.24, 2.45) is 0 Å². The van der Waals surface area contributed by atoms with E-state index in [4.69, 9.17) is 11.6 Å². The number of non-ortho nitro benzene ring substituents is 1. The van der Waals surface area contributed by atoms with Crippen LogP contribution in [0.25, 0.3) is 0 Å². The maximum absolute atomic E-state index is 11.5. The molecular formula is C10H12ClNO5S. The predicted molar refractivity (Wildman–Crippen MR) is 67.2 cm³/mol. The lowest BCUT2D eigenvalue weighted by atomic mass is 10.1. The Labute approximate surface area is 109 Å². The Morgan fingerprint density at radius 1 is 1.50 bits per heavy atom. The number of hydrogen-bond donors (Lipinski definition) is 1. The summed E-state index contributed by atoms with van der Waals surface area (Å²) in [4.78, 5) is 9.94. The highest BCUT2D eigenvalue weighted by atomic mass is 35.5. The second kappa shape index (κ2) is 5.64. The number of benzene rings is 1. The summed E-state index contributed by atoms with van der Waals surface area (Å²) < 4.78 is 21.5. The molecule has 100 valence electrons. The predicted octanol–water partition coefficient (Wildman–Crippen LogP) is 1.63. The van der Waals surface area contributed by atoms with Crippen LogP contribution in [0.1, 0.15) is 18.6 Å². The minimum Gasteiger partial charge on any atom is -0.386 e. The summed E-state index contributed by atoms with van der Waals surface area (Å²) in [6, 6.07) is 5.09. The molecule has 0 aromatic heterocycles. The Hall–Kier alpha value is -1.18. The van der Waals surface area contributed by atoms with Gasteiger partial charge in [-0.25, -0.2) is 8.42 Å². The fourth-order valence-electron chi connectivity index (χ4n) is 1.33. The van der Waals surface area contributed by atoms with Crippen molar-refractivity contribution in [2.75, 3.05) is 5.75 Å². The molecule has 0 radical (unpaired) electrons. The van der Waals surface area contributed by atoms with E-state index >= 15 is 0 Å². The van der Waals surface area contributed by atoms with Crippen LogP contribution in [-0.4, -0.2) is 28.9 Å². The molecule has 1 aromatic rings. The van der Waals surface area contributed by atoms with Crippen molar-refractivity contribution >= 4 is 27.1 Å². The smallest absolute Gasteiger partial charge is 0.269 e. The number of sulfone groups is 1. The first kappa shape index (κ1) is 14.9. The summed E-state index contributed by atoms with van der Waals surface area (Å²) in [5, 5.41) is 20.4. The van der Waals surface area contributed by atoms with Crippen molar-refractivity contribution in [3.05, 3.63) is 39.9 Å². The van der Waals surface area contributed by atoms with Crippen LogP contribution in [0.3, 0.4) is 0 Å². The highest BCUT2D eigenvalue weighted by Gasteiger charge is 2.30. The lowest BCUT2D eigenvalue weighted by molar-refractivity contribution is -0.385. The van der Waals surface area contributed by atoms with E-state index in [1.54, 1.807) is 0 Å². The molecule has 0 aliphatic rings. The molecule has 0 unspecified atom stereocenters. The van der Waals surface area contributed by atoms with Gasteiger partial charge in [0.1, 0.15) is 6.10 Å². The first-order chi connectivity index (χ1) is 8.29. The van der Waals surface area contributed by atoms with Crippen LogP contribution in [0.4, 0.5) is 5.69 Å². The lowest BCUT2D eigenvalue weighted by Gasteiger charge is -2.16. The highest BCUT2D eigenvalue weighted by molar-refractivity contribution is 7.93. The quantitative estimate of drug-likeness (QED) is 0.505. The SMILES string of the molecule is CCS(=O)(=O)[C@H](Cl)[C@H](O)c1cccc([N+](=O)[O-])c1. The molecule has 6 nitrogen and oxygen atoms in total. The molecule has 1 aromatic carbocycles. The Morgan fingerprint density at radius 2 is 2.11 bits per heavy atom. The van der Waals surface area contributed by atoms with Crippen molar-refractivity contribution in [1.82, 2.24) is 0 Å². The van der Waals surface area contributed by atoms with E-state index in [9.17, 15) is 23.6 Å². The molecule has 8 heteroatoms. The van der Waals surface area contributed by atoms with Gasteiger partial charge < -0.3 is 5.11 Å². The fraction of sp³-hybridized carbons (Fsp3) is 0.400. The Balaban J connectivity index is 3.08. The van der Waals surface area contributed by atoms with E-state index in [0.717, 1.165) is 6.07 Å². The van der Waals surface area contributed by atoms with E-state index in [2.05, 4.69) is 0 Å². The van der Waals surface area contributed by atoms with Gasteiger partial charge in [0.15, 0.2) is 14.5 Å². The van der Waals surface area contributed by atoms with E-state index in [0.29, 0.717) is 0 Å². The van der Waals surface area contributed by atoms with Gasteiger partial charge in [-0.05, 0) is 5.56 Å². The molecule has 18 heavy (non-hydrogen) atoms. The van der Waals surface area contributed by atoms with Crippen molar-refractivity contribution < 1.29 is 18.4 Å². The van der Waals surface area contributed by atoms with Gasteiger partial charge in [0.25, 0.3) is 5.69 Å². The largest absolute Gasteiger partial charge is 0.386 e. The Bertz CT molecular complexity index is 545. The second-order valence-corrected chi connectivity index (χ2v) is 6.74. The van der Waals surface area contributed by atoms with Crippen LogP contribution in [0.15, 0.2) is 24.3 Å². The highest BCUT2D eigenvalue weighted by Crippen LogP contribution is 2.27. The third-order valence-electron chi connectivity index (χ3n) is 2.42. The van der Waals surface area contributed by atoms with Crippen LogP contribution >= 0.6 is 11.6 Å². The van der Waals surface area contributed by atoms with Gasteiger partial charge in [0, 0.05) is 17.9 Å². The van der Waals surface area contributed by atoms with Gasteiger partial charge in [0.2, 0.25) is 0 Å². The normalized spacial score (nSPS) is 15.1. The molecular weight excluding hydrogens is 282 g/mol. The molecule has 0 amide bonds. The van der Waals surface area contributed by atoms with Crippen molar-refractivity contribution in [2.45, 2.75) is 17.7 Å². The number of nitrogens with zero attached hydrogens (tertiary/aromatic N) is 1. The zero-order valence-electron chi connectivity index (χ0n) is 9.48. The summed E-state index contributed by atoms with van der Waals surface area (Å²) in [6.07, 6.45) is -1.50. The van der Waals surface area contributed by atoms with E-state index in [-0.39, 0.29) is 17.0 Å². The van der Waals surface area contributed by atoms with Crippen molar-refractivity contribution in [1.29, 1.82) is 0 Å². The van der Waals surface area contributed by atoms with E-state index in [1.165, 1.54) is 25.1 Å². The summed E-state index contributed by atoms with van der Waals surface area (Å²) in [5.74, 6) is -0.215. The first-order valence-corrected chi connectivity index (χ1v) is 7.23. The number of hydrogen-bond acceptors (Lipinski definition) is 5. The summed E-state index contributed by atoms with van der Waals surface area (Å²) in [5.41, 5.74) is -0.134. The second-order valence-electron chi connectivity index (χ2n) is 3.60. The topological polar surface area (TPSA) is 97.5 Å². The van der Waals surface area contributed by atoms with Gasteiger partial charge >= 0.3 is 0 Å². The summed E-state index contributed by atoms with van der Waals surface area (Å²) >= 11 is 5.68. The fourth-order valence-corrected chi connectivity index (χ4v) is 2.72. The maximum atomic E-state index is 11.5. The van der Waals surface area contributed by atoms with E-state index < -0.39 is 25.6 Å². The lowest BCUT2D eigenvalue weighted by Crippen LogP contribution is -2.24. The minimum absolute atomic E-state index is 0.0984. The van der Waals surface area contributed by atoms with Crippen LogP contribution in [0.5, 0.6) is 0 Å². The standard InChI is InChI=1S/C10H12ClNO5S/c1-2-18(16,17)10(11)9(13)7-4-3-5-8(6-7)12(14)15/h3-6,9-10,13H,2H2,1H3/t9-,10+/m1/s1. The number of nitro groups is 1. The zero-order chi connectivity index (χ0) is 13.9. The Morgan fingerprint density at radius 3 is 2.61 bits per heavy atom. The third kappa shape index (κ3) is 3.18. The molecule has 1 N–H and O–H groups in total. The molecule has 0 saturated carbocycles. The summed E-state index contributed by atoms with van der Waals surface area (Å²) in [6.45, 7) is 1.41. The van der Waals surface area contributed by atoms with Gasteiger partial charge in [0.05, 0.1) is 4.92 Å². The molecule has 2 atom stereocenters. The van der Waals surface area contributed by atoms with Crippen LogP contribution in [0, 0.1) is 10.1 Å². The zero-order valence-corrected chi connectivity index (χ0v) is 11.1. The number of halogens is 1. The molecule has 0 heterocycles. The number of rotatable bonds is 5. The number of aliphatic hydroxyl groups is 1. The number of nitro benzene ring substituents is 1. The average molecular weight is 294 g/mol. The summed E-state index contributed by atoms with van der Waals surface area (Å²) in [7, 11) is -3.63. The van der Waals surface area contributed by atoms with Crippen LogP contribution in [-0.2, 0) is 9.84 Å². The Kier molecular flexibility index (Phi) is 4.66. The monoisotopic (exact) mass is 293 g/mol. The molecule has 0 aliphatic carbocycles. The first-order valence-electron chi connectivity index (χ1n) is 5.07. The third-order valence-corrected chi connectivity index (χ3v) is 5.22. The van der Waals surface area contributed by atoms with Crippen LogP contribution < -0.4 is 0 Å². The van der Waals surface area contributed by atoms with E-state index in [1.807, 2.05) is 0 Å². The number of alkyl halides is 1. The van der Waals surface area contributed by atoms with Gasteiger partial charge in [-0.1, -0.05) is 19.1 Å². The van der Waals surface area contributed by atoms with Gasteiger partial charge in [-0.2, -0.15) is 0 Å². The van der Waals surface area contributed by atoms with Gasteiger partial charge in [-0.3, -0.25) is 10.1 Å². The molecule has 0 aliphatic heterocycles. The molecule has 1 rings (SSSR count). The minimum atomic E-state index is -3.63.